The summed E-state index contributed by atoms with van der Waals surface area (Å²) in [6, 6.07) is 31.4. The van der Waals surface area contributed by atoms with Crippen LogP contribution in [0.25, 0.3) is 44.2 Å². The SMILES string of the molecule is CC(C)(O)C(C)(C)O[B]c1ccc2oc3cc(-c4cccc(-c5ccccc5)c4)ccc3c2c1. The average molecular weight is 447 g/mol. The number of aliphatic hydroxyl groups is 1. The lowest BCUT2D eigenvalue weighted by Gasteiger charge is -2.37. The zero-order chi connectivity index (χ0) is 23.9. The van der Waals surface area contributed by atoms with E-state index in [4.69, 9.17) is 9.07 Å². The van der Waals surface area contributed by atoms with Crippen LogP contribution in [0.4, 0.5) is 0 Å². The van der Waals surface area contributed by atoms with E-state index in [1.54, 1.807) is 21.3 Å². The Labute approximate surface area is 201 Å². The molecule has 4 aromatic carbocycles. The highest BCUT2D eigenvalue weighted by atomic mass is 16.5. The van der Waals surface area contributed by atoms with Gasteiger partial charge in [-0.2, -0.15) is 0 Å². The number of furan rings is 1. The van der Waals surface area contributed by atoms with Gasteiger partial charge in [-0.3, -0.25) is 0 Å². The molecule has 0 aliphatic rings. The average Bonchev–Trinajstić information content (AvgIpc) is 3.20. The van der Waals surface area contributed by atoms with E-state index in [9.17, 15) is 5.11 Å². The van der Waals surface area contributed by atoms with Gasteiger partial charge in [0.05, 0.1) is 11.2 Å². The van der Waals surface area contributed by atoms with E-state index in [2.05, 4.69) is 72.8 Å². The molecular weight excluding hydrogens is 419 g/mol. The van der Waals surface area contributed by atoms with Gasteiger partial charge in [-0.05, 0) is 74.2 Å². The summed E-state index contributed by atoms with van der Waals surface area (Å²) in [5.41, 5.74) is 5.59. The molecule has 1 heterocycles. The van der Waals surface area contributed by atoms with Gasteiger partial charge in [0.2, 0.25) is 0 Å². The summed E-state index contributed by atoms with van der Waals surface area (Å²) in [5, 5.41) is 12.4. The Morgan fingerprint density at radius 2 is 1.32 bits per heavy atom. The number of benzene rings is 4. The van der Waals surface area contributed by atoms with Crippen molar-refractivity contribution in [2.45, 2.75) is 38.9 Å². The summed E-state index contributed by atoms with van der Waals surface area (Å²) in [6.45, 7) is 7.26. The molecule has 5 rings (SSSR count). The van der Waals surface area contributed by atoms with E-state index >= 15 is 0 Å². The minimum Gasteiger partial charge on any atom is -0.456 e. The second-order valence-electron chi connectivity index (χ2n) is 9.82. The van der Waals surface area contributed by atoms with Gasteiger partial charge in [0, 0.05) is 10.8 Å². The van der Waals surface area contributed by atoms with E-state index in [0.29, 0.717) is 0 Å². The molecule has 0 saturated carbocycles. The van der Waals surface area contributed by atoms with Crippen LogP contribution >= 0.6 is 0 Å². The molecule has 0 spiro atoms. The van der Waals surface area contributed by atoms with Crippen molar-refractivity contribution in [3.8, 4) is 22.3 Å². The van der Waals surface area contributed by atoms with Crippen molar-refractivity contribution in [3.05, 3.63) is 91.0 Å². The van der Waals surface area contributed by atoms with Crippen molar-refractivity contribution >= 4 is 34.9 Å². The molecule has 0 amide bonds. The molecule has 169 valence electrons. The Kier molecular flexibility index (Phi) is 5.59. The maximum Gasteiger partial charge on any atom is 0.330 e. The molecule has 34 heavy (non-hydrogen) atoms. The number of rotatable bonds is 6. The van der Waals surface area contributed by atoms with Gasteiger partial charge in [0.25, 0.3) is 0 Å². The van der Waals surface area contributed by atoms with E-state index in [0.717, 1.165) is 38.5 Å². The largest absolute Gasteiger partial charge is 0.456 e. The number of hydrogen-bond donors (Lipinski definition) is 1. The van der Waals surface area contributed by atoms with Crippen molar-refractivity contribution in [1.29, 1.82) is 0 Å². The Bertz CT molecular complexity index is 1460. The monoisotopic (exact) mass is 447 g/mol. The molecule has 0 unspecified atom stereocenters. The molecule has 0 aliphatic heterocycles. The van der Waals surface area contributed by atoms with Crippen LogP contribution in [0.3, 0.4) is 0 Å². The van der Waals surface area contributed by atoms with Crippen molar-refractivity contribution in [1.82, 2.24) is 0 Å². The molecule has 0 bridgehead atoms. The summed E-state index contributed by atoms with van der Waals surface area (Å²) in [6.07, 6.45) is 0. The molecule has 4 heteroatoms. The first kappa shape index (κ1) is 22.5. The Balaban J connectivity index is 1.46. The topological polar surface area (TPSA) is 42.6 Å². The molecule has 5 aromatic rings. The Morgan fingerprint density at radius 1 is 0.647 bits per heavy atom. The first-order valence-corrected chi connectivity index (χ1v) is 11.6. The summed E-state index contributed by atoms with van der Waals surface area (Å²) < 4.78 is 12.1. The fourth-order valence-corrected chi connectivity index (χ4v) is 3.92. The number of hydrogen-bond acceptors (Lipinski definition) is 3. The molecule has 0 atom stereocenters. The fourth-order valence-electron chi connectivity index (χ4n) is 3.92. The predicted molar refractivity (Wildman–Crippen MR) is 141 cm³/mol. The van der Waals surface area contributed by atoms with Gasteiger partial charge in [-0.1, -0.05) is 72.2 Å². The molecule has 0 saturated heterocycles. The zero-order valence-corrected chi connectivity index (χ0v) is 20.0. The summed E-state index contributed by atoms with van der Waals surface area (Å²) >= 11 is 0. The predicted octanol–water partition coefficient (Wildman–Crippen LogP) is 6.73. The molecule has 1 aromatic heterocycles. The maximum atomic E-state index is 10.3. The van der Waals surface area contributed by atoms with Gasteiger partial charge < -0.3 is 14.2 Å². The second kappa shape index (κ2) is 8.46. The number of fused-ring (bicyclic) bond motifs is 3. The molecule has 3 nitrogen and oxygen atoms in total. The lowest BCUT2D eigenvalue weighted by Crippen LogP contribution is -2.49. The third-order valence-electron chi connectivity index (χ3n) is 6.76. The second-order valence-corrected chi connectivity index (χ2v) is 9.82. The quantitative estimate of drug-likeness (QED) is 0.294. The normalized spacial score (nSPS) is 12.4. The molecule has 1 N–H and O–H groups in total. The third-order valence-corrected chi connectivity index (χ3v) is 6.76. The summed E-state index contributed by atoms with van der Waals surface area (Å²) in [4.78, 5) is 0. The highest BCUT2D eigenvalue weighted by molar-refractivity contribution is 6.47. The van der Waals surface area contributed by atoms with Gasteiger partial charge >= 0.3 is 7.48 Å². The van der Waals surface area contributed by atoms with Crippen molar-refractivity contribution in [3.63, 3.8) is 0 Å². The van der Waals surface area contributed by atoms with E-state index in [-0.39, 0.29) is 0 Å². The Morgan fingerprint density at radius 3 is 2.06 bits per heavy atom. The van der Waals surface area contributed by atoms with Crippen LogP contribution in [0, 0.1) is 0 Å². The lowest BCUT2D eigenvalue weighted by molar-refractivity contribution is -0.0893. The van der Waals surface area contributed by atoms with Crippen LogP contribution in [0.15, 0.2) is 95.4 Å². The first-order chi connectivity index (χ1) is 16.2. The van der Waals surface area contributed by atoms with Crippen LogP contribution in [0.5, 0.6) is 0 Å². The summed E-state index contributed by atoms with van der Waals surface area (Å²) in [7, 11) is 1.71. The van der Waals surface area contributed by atoms with E-state index in [1.807, 2.05) is 32.0 Å². The minimum absolute atomic E-state index is 0.719. The summed E-state index contributed by atoms with van der Waals surface area (Å²) in [5.74, 6) is 0. The van der Waals surface area contributed by atoms with Crippen molar-refractivity contribution in [2.24, 2.45) is 0 Å². The van der Waals surface area contributed by atoms with Crippen molar-refractivity contribution < 1.29 is 14.2 Å². The molecular formula is C30H28BO3. The van der Waals surface area contributed by atoms with Gasteiger partial charge in [0.15, 0.2) is 0 Å². The maximum absolute atomic E-state index is 10.3. The van der Waals surface area contributed by atoms with Gasteiger partial charge in [0.1, 0.15) is 11.2 Å². The zero-order valence-electron chi connectivity index (χ0n) is 20.0. The third kappa shape index (κ3) is 4.27. The standard InChI is InChI=1S/C30H28BO3/c1-29(2,32)30(3,4)34-31-24-14-16-27-26(19-24)25-15-13-23(18-28(25)33-27)22-12-8-11-21(17-22)20-9-6-5-7-10-20/h5-19,32H,1-4H3. The van der Waals surface area contributed by atoms with E-state index < -0.39 is 11.2 Å². The first-order valence-electron chi connectivity index (χ1n) is 11.6. The Hall–Kier alpha value is -3.34. The van der Waals surface area contributed by atoms with Crippen LogP contribution in [-0.4, -0.2) is 23.8 Å². The molecule has 1 radical (unpaired) electrons. The van der Waals surface area contributed by atoms with Crippen LogP contribution < -0.4 is 5.46 Å². The molecule has 0 aliphatic carbocycles. The molecule has 0 fully saturated rings. The highest BCUT2D eigenvalue weighted by Crippen LogP contribution is 2.33. The smallest absolute Gasteiger partial charge is 0.330 e. The van der Waals surface area contributed by atoms with Crippen LogP contribution in [-0.2, 0) is 4.65 Å². The lowest BCUT2D eigenvalue weighted by atomic mass is 9.82. The van der Waals surface area contributed by atoms with Crippen LogP contribution in [0.2, 0.25) is 0 Å². The van der Waals surface area contributed by atoms with Gasteiger partial charge in [-0.25, -0.2) is 0 Å². The fraction of sp³-hybridized carbons (Fsp3) is 0.200. The minimum atomic E-state index is -0.968. The van der Waals surface area contributed by atoms with Crippen LogP contribution in [0.1, 0.15) is 27.7 Å². The van der Waals surface area contributed by atoms with E-state index in [1.165, 1.54) is 11.1 Å². The van der Waals surface area contributed by atoms with Gasteiger partial charge in [-0.15, -0.1) is 0 Å². The highest BCUT2D eigenvalue weighted by Gasteiger charge is 2.35. The van der Waals surface area contributed by atoms with Crippen molar-refractivity contribution in [2.75, 3.05) is 0 Å².